The maximum Gasteiger partial charge on any atom is 0.261 e. The Kier molecular flexibility index (Phi) is 7.44. The zero-order chi connectivity index (χ0) is 28.7. The minimum absolute atomic E-state index is 0.0191. The summed E-state index contributed by atoms with van der Waals surface area (Å²) in [7, 11) is -3.08. The fraction of sp³-hybridized carbons (Fsp3) is 0.333. The average molecular weight is 556 g/mol. The van der Waals surface area contributed by atoms with Crippen molar-refractivity contribution in [3.63, 3.8) is 0 Å². The Bertz CT molecular complexity index is 1320. The molecule has 0 radical (unpaired) electrons. The molecule has 40 heavy (non-hydrogen) atoms. The highest BCUT2D eigenvalue weighted by atomic mass is 28.4. The second kappa shape index (κ2) is 10.6. The van der Waals surface area contributed by atoms with Crippen molar-refractivity contribution in [1.82, 2.24) is 4.90 Å². The van der Waals surface area contributed by atoms with E-state index in [-0.39, 0.29) is 23.4 Å². The molecule has 1 fully saturated rings. The van der Waals surface area contributed by atoms with Gasteiger partial charge in [0, 0.05) is 0 Å². The van der Waals surface area contributed by atoms with E-state index >= 15 is 0 Å². The summed E-state index contributed by atoms with van der Waals surface area (Å²) >= 11 is 0. The van der Waals surface area contributed by atoms with E-state index in [4.69, 9.17) is 13.9 Å². The first-order valence-corrected chi connectivity index (χ1v) is 15.6. The number of fused-ring (bicyclic) bond motifs is 1. The van der Waals surface area contributed by atoms with Crippen LogP contribution < -0.4 is 10.4 Å². The number of amides is 2. The average Bonchev–Trinajstić information content (AvgIpc) is 3.39. The summed E-state index contributed by atoms with van der Waals surface area (Å²) in [6.45, 7) is 14.3. The van der Waals surface area contributed by atoms with Gasteiger partial charge in [-0.3, -0.25) is 14.5 Å². The van der Waals surface area contributed by atoms with Crippen LogP contribution in [0.4, 0.5) is 0 Å². The van der Waals surface area contributed by atoms with Crippen LogP contribution in [0.1, 0.15) is 55.3 Å². The molecule has 7 heteroatoms. The van der Waals surface area contributed by atoms with Crippen molar-refractivity contribution in [2.24, 2.45) is 0 Å². The number of imide groups is 1. The lowest BCUT2D eigenvalue weighted by molar-refractivity contribution is -0.152. The van der Waals surface area contributed by atoms with Gasteiger partial charge >= 0.3 is 0 Å². The van der Waals surface area contributed by atoms with Gasteiger partial charge in [0.15, 0.2) is 5.79 Å². The predicted molar refractivity (Wildman–Crippen MR) is 158 cm³/mol. The van der Waals surface area contributed by atoms with Gasteiger partial charge in [0.25, 0.3) is 20.1 Å². The molecule has 2 heterocycles. The molecule has 5 rings (SSSR count). The third-order valence-electron chi connectivity index (χ3n) is 7.75. The number of hydrogen-bond acceptors (Lipinski definition) is 5. The van der Waals surface area contributed by atoms with Crippen LogP contribution in [0.25, 0.3) is 0 Å². The van der Waals surface area contributed by atoms with Crippen LogP contribution in [0.3, 0.4) is 0 Å². The molecular weight excluding hydrogens is 518 g/mol. The van der Waals surface area contributed by atoms with Crippen molar-refractivity contribution in [2.75, 3.05) is 6.54 Å². The minimum atomic E-state index is -3.08. The number of benzene rings is 3. The van der Waals surface area contributed by atoms with E-state index in [9.17, 15) is 9.59 Å². The van der Waals surface area contributed by atoms with Gasteiger partial charge in [-0.1, -0.05) is 99.6 Å². The topological polar surface area (TPSA) is 65.1 Å². The van der Waals surface area contributed by atoms with Crippen LogP contribution >= 0.6 is 0 Å². The standard InChI is InChI=1S/C33H37NO5Si/c1-7-27-29(38-33(5,6)37-27)28(22-34-30(35)25-20-14-15-21-26(25)31(34)36)39-40(32(2,3)4,23-16-10-8-11-17-23)24-18-12-9-13-19-24/h7-21,27-29H,1,22H2,2-6H3/t27?,28-,29+/m0/s1. The largest absolute Gasteiger partial charge is 0.400 e. The fourth-order valence-electron chi connectivity index (χ4n) is 6.00. The van der Waals surface area contributed by atoms with Crippen molar-refractivity contribution >= 4 is 30.5 Å². The molecule has 3 aromatic carbocycles. The molecule has 3 aromatic rings. The van der Waals surface area contributed by atoms with Crippen LogP contribution in [0, 0.1) is 0 Å². The summed E-state index contributed by atoms with van der Waals surface area (Å²) in [5.41, 5.74) is 0.807. The molecule has 0 aliphatic carbocycles. The maximum atomic E-state index is 13.5. The molecule has 2 amide bonds. The molecule has 0 N–H and O–H groups in total. The summed E-state index contributed by atoms with van der Waals surface area (Å²) < 4.78 is 20.1. The first kappa shape index (κ1) is 28.2. The Morgan fingerprint density at radius 3 is 1.80 bits per heavy atom. The molecule has 2 aliphatic heterocycles. The van der Waals surface area contributed by atoms with E-state index in [0.29, 0.717) is 11.1 Å². The van der Waals surface area contributed by atoms with Crippen molar-refractivity contribution in [3.05, 3.63) is 109 Å². The van der Waals surface area contributed by atoms with Crippen LogP contribution in [0.15, 0.2) is 97.6 Å². The van der Waals surface area contributed by atoms with Gasteiger partial charge in [-0.15, -0.1) is 6.58 Å². The molecule has 208 valence electrons. The normalized spacial score (nSPS) is 21.4. The highest BCUT2D eigenvalue weighted by Crippen LogP contribution is 2.40. The molecule has 0 bridgehead atoms. The number of rotatable bonds is 8. The van der Waals surface area contributed by atoms with Crippen LogP contribution in [-0.2, 0) is 13.9 Å². The molecule has 3 atom stereocenters. The second-order valence-electron chi connectivity index (χ2n) is 11.9. The van der Waals surface area contributed by atoms with Crippen molar-refractivity contribution in [3.8, 4) is 0 Å². The molecular formula is C33H37NO5Si. The number of carbonyl (C=O) groups excluding carboxylic acids is 2. The van der Waals surface area contributed by atoms with E-state index in [1.165, 1.54) is 4.90 Å². The van der Waals surface area contributed by atoms with Gasteiger partial charge < -0.3 is 13.9 Å². The predicted octanol–water partition coefficient (Wildman–Crippen LogP) is 4.93. The quantitative estimate of drug-likeness (QED) is 0.224. The Balaban J connectivity index is 1.66. The minimum Gasteiger partial charge on any atom is -0.400 e. The Morgan fingerprint density at radius 1 is 0.875 bits per heavy atom. The third-order valence-corrected chi connectivity index (χ3v) is 12.8. The van der Waals surface area contributed by atoms with Crippen molar-refractivity contribution < 1.29 is 23.5 Å². The Morgan fingerprint density at radius 2 is 1.35 bits per heavy atom. The van der Waals surface area contributed by atoms with Gasteiger partial charge in [-0.05, 0) is 41.4 Å². The fourth-order valence-corrected chi connectivity index (χ4v) is 10.7. The molecule has 0 spiro atoms. The monoisotopic (exact) mass is 555 g/mol. The van der Waals surface area contributed by atoms with Gasteiger partial charge in [0.2, 0.25) is 0 Å². The molecule has 1 saturated heterocycles. The lowest BCUT2D eigenvalue weighted by Gasteiger charge is -2.46. The molecule has 0 aromatic heterocycles. The van der Waals surface area contributed by atoms with Crippen LogP contribution in [-0.4, -0.2) is 55.7 Å². The van der Waals surface area contributed by atoms with Crippen LogP contribution in [0.5, 0.6) is 0 Å². The van der Waals surface area contributed by atoms with Gasteiger partial charge in [-0.25, -0.2) is 0 Å². The Hall–Kier alpha value is -3.36. The molecule has 6 nitrogen and oxygen atoms in total. The number of hydrogen-bond donors (Lipinski definition) is 0. The Labute approximate surface area is 237 Å². The number of ether oxygens (including phenoxy) is 2. The smallest absolute Gasteiger partial charge is 0.261 e. The molecule has 1 unspecified atom stereocenters. The summed E-state index contributed by atoms with van der Waals surface area (Å²) in [5, 5.41) is 1.86. The van der Waals surface area contributed by atoms with Crippen molar-refractivity contribution in [1.29, 1.82) is 0 Å². The van der Waals surface area contributed by atoms with E-state index in [1.807, 2.05) is 50.2 Å². The van der Waals surface area contributed by atoms with Gasteiger partial charge in [0.05, 0.1) is 23.8 Å². The maximum absolute atomic E-state index is 13.5. The van der Waals surface area contributed by atoms with E-state index in [2.05, 4.69) is 51.6 Å². The first-order valence-electron chi connectivity index (χ1n) is 13.7. The summed E-state index contributed by atoms with van der Waals surface area (Å²) in [6.07, 6.45) is -0.0751. The van der Waals surface area contributed by atoms with E-state index < -0.39 is 32.4 Å². The van der Waals surface area contributed by atoms with Gasteiger partial charge in [0.1, 0.15) is 12.2 Å². The zero-order valence-electron chi connectivity index (χ0n) is 23.8. The summed E-state index contributed by atoms with van der Waals surface area (Å²) in [6, 6.07) is 27.5. The lowest BCUT2D eigenvalue weighted by Crippen LogP contribution is -2.69. The lowest BCUT2D eigenvalue weighted by atomic mass is 10.1. The third kappa shape index (κ3) is 4.88. The first-order chi connectivity index (χ1) is 19.0. The van der Waals surface area contributed by atoms with E-state index in [0.717, 1.165) is 10.4 Å². The van der Waals surface area contributed by atoms with Gasteiger partial charge in [-0.2, -0.15) is 0 Å². The highest BCUT2D eigenvalue weighted by Gasteiger charge is 2.55. The zero-order valence-corrected chi connectivity index (χ0v) is 24.8. The van der Waals surface area contributed by atoms with Crippen molar-refractivity contribution in [2.45, 2.75) is 63.8 Å². The molecule has 0 saturated carbocycles. The molecule has 2 aliphatic rings. The van der Waals surface area contributed by atoms with E-state index in [1.54, 1.807) is 30.3 Å². The number of nitrogens with zero attached hydrogens (tertiary/aromatic N) is 1. The summed E-state index contributed by atoms with van der Waals surface area (Å²) in [4.78, 5) is 28.3. The van der Waals surface area contributed by atoms with Crippen LogP contribution in [0.2, 0.25) is 5.04 Å². The number of carbonyl (C=O) groups is 2. The summed E-state index contributed by atoms with van der Waals surface area (Å²) in [5.74, 6) is -1.55. The highest BCUT2D eigenvalue weighted by molar-refractivity contribution is 6.99. The SMILES string of the molecule is C=CC1OC(C)(C)O[C@H]1[C@H](CN1C(=O)c2ccccc2C1=O)O[Si](c1ccccc1)(c1ccccc1)C(C)(C)C. The second-order valence-corrected chi connectivity index (χ2v) is 16.1.